The molecule has 1 aromatic carbocycles. The average Bonchev–Trinajstić information content (AvgIpc) is 2.53. The molecule has 1 N–H and O–H groups in total. The van der Waals surface area contributed by atoms with Crippen LogP contribution in [0.5, 0.6) is 5.75 Å². The van der Waals surface area contributed by atoms with Crippen molar-refractivity contribution >= 4 is 23.2 Å². The van der Waals surface area contributed by atoms with E-state index in [-0.39, 0.29) is 6.10 Å². The minimum atomic E-state index is -0.247. The molecule has 1 fully saturated rings. The number of piperidine rings is 1. The van der Waals surface area contributed by atoms with Crippen molar-refractivity contribution in [3.63, 3.8) is 0 Å². The predicted molar refractivity (Wildman–Crippen MR) is 96.7 cm³/mol. The van der Waals surface area contributed by atoms with Crippen LogP contribution in [0.1, 0.15) is 39.0 Å². The molecule has 0 aromatic heterocycles. The summed E-state index contributed by atoms with van der Waals surface area (Å²) in [5.41, 5.74) is 0. The van der Waals surface area contributed by atoms with Crippen molar-refractivity contribution in [2.75, 3.05) is 26.2 Å². The summed E-state index contributed by atoms with van der Waals surface area (Å²) < 4.78 is 5.73. The normalized spacial score (nSPS) is 22.3. The van der Waals surface area contributed by atoms with Crippen molar-refractivity contribution in [1.29, 1.82) is 0 Å². The number of ether oxygens (including phenoxy) is 1. The zero-order valence-corrected chi connectivity index (χ0v) is 15.3. The summed E-state index contributed by atoms with van der Waals surface area (Å²) >= 11 is 11.9. The second-order valence-corrected chi connectivity index (χ2v) is 7.15. The lowest BCUT2D eigenvalue weighted by Crippen LogP contribution is -2.44. The Labute approximate surface area is 149 Å². The van der Waals surface area contributed by atoms with E-state index in [2.05, 4.69) is 11.8 Å². The Morgan fingerprint density at radius 2 is 2.09 bits per heavy atom. The van der Waals surface area contributed by atoms with Crippen LogP contribution in [-0.4, -0.2) is 42.4 Å². The summed E-state index contributed by atoms with van der Waals surface area (Å²) in [5.74, 6) is 1.05. The van der Waals surface area contributed by atoms with Crippen molar-refractivity contribution in [3.8, 4) is 5.75 Å². The SMILES string of the molecule is CCCCCN1CC[C@H](CCOc2ccc(Cl)c(Cl)c2)[C@@H](O)C1. The van der Waals surface area contributed by atoms with Crippen molar-refractivity contribution in [2.24, 2.45) is 5.92 Å². The zero-order chi connectivity index (χ0) is 16.7. The molecule has 0 aliphatic carbocycles. The number of likely N-dealkylation sites (tertiary alicyclic amines) is 1. The third kappa shape index (κ3) is 6.15. The van der Waals surface area contributed by atoms with Gasteiger partial charge in [0.15, 0.2) is 0 Å². The van der Waals surface area contributed by atoms with Crippen LogP contribution in [0.2, 0.25) is 10.0 Å². The summed E-state index contributed by atoms with van der Waals surface area (Å²) in [6.45, 7) is 5.79. The molecule has 5 heteroatoms. The highest BCUT2D eigenvalue weighted by atomic mass is 35.5. The molecule has 1 aliphatic heterocycles. The number of hydrogen-bond donors (Lipinski definition) is 1. The molecule has 130 valence electrons. The fourth-order valence-electron chi connectivity index (χ4n) is 3.07. The lowest BCUT2D eigenvalue weighted by molar-refractivity contribution is 0.0129. The van der Waals surface area contributed by atoms with Crippen molar-refractivity contribution in [2.45, 2.75) is 45.1 Å². The molecule has 23 heavy (non-hydrogen) atoms. The Morgan fingerprint density at radius 1 is 1.26 bits per heavy atom. The average molecular weight is 360 g/mol. The summed E-state index contributed by atoms with van der Waals surface area (Å²) in [5, 5.41) is 11.4. The van der Waals surface area contributed by atoms with E-state index in [1.54, 1.807) is 12.1 Å². The van der Waals surface area contributed by atoms with Crippen LogP contribution in [0.4, 0.5) is 0 Å². The number of aliphatic hydroxyl groups excluding tert-OH is 1. The van der Waals surface area contributed by atoms with E-state index in [4.69, 9.17) is 27.9 Å². The molecule has 2 rings (SSSR count). The quantitative estimate of drug-likeness (QED) is 0.686. The van der Waals surface area contributed by atoms with Crippen LogP contribution in [0.15, 0.2) is 18.2 Å². The number of halogens is 2. The number of aliphatic hydroxyl groups is 1. The first-order valence-corrected chi connectivity index (χ1v) is 9.34. The van der Waals surface area contributed by atoms with Gasteiger partial charge in [-0.25, -0.2) is 0 Å². The highest BCUT2D eigenvalue weighted by molar-refractivity contribution is 6.42. The van der Waals surface area contributed by atoms with E-state index in [9.17, 15) is 5.11 Å². The monoisotopic (exact) mass is 359 g/mol. The fourth-order valence-corrected chi connectivity index (χ4v) is 3.35. The van der Waals surface area contributed by atoms with Crippen LogP contribution >= 0.6 is 23.2 Å². The van der Waals surface area contributed by atoms with Crippen LogP contribution in [0, 0.1) is 5.92 Å². The number of unbranched alkanes of at least 4 members (excludes halogenated alkanes) is 2. The minimum absolute atomic E-state index is 0.247. The molecule has 0 bridgehead atoms. The second kappa shape index (κ2) is 9.73. The lowest BCUT2D eigenvalue weighted by Gasteiger charge is -2.36. The van der Waals surface area contributed by atoms with E-state index in [0.717, 1.165) is 38.2 Å². The van der Waals surface area contributed by atoms with E-state index in [0.29, 0.717) is 22.6 Å². The lowest BCUT2D eigenvalue weighted by atomic mass is 9.91. The maximum atomic E-state index is 10.3. The molecular weight excluding hydrogens is 333 g/mol. The fraction of sp³-hybridized carbons (Fsp3) is 0.667. The van der Waals surface area contributed by atoms with Gasteiger partial charge in [-0.05, 0) is 50.4 Å². The van der Waals surface area contributed by atoms with Gasteiger partial charge < -0.3 is 14.7 Å². The van der Waals surface area contributed by atoms with Gasteiger partial charge in [-0.2, -0.15) is 0 Å². The summed E-state index contributed by atoms with van der Waals surface area (Å²) in [6, 6.07) is 5.29. The minimum Gasteiger partial charge on any atom is -0.494 e. The predicted octanol–water partition coefficient (Wildman–Crippen LogP) is 4.64. The first-order valence-electron chi connectivity index (χ1n) is 8.58. The topological polar surface area (TPSA) is 32.7 Å². The number of β-amino-alcohol motifs (C(OH)–C–C–N with tert-alkyl or cyclic N) is 1. The van der Waals surface area contributed by atoms with Crippen LogP contribution in [0.3, 0.4) is 0 Å². The maximum Gasteiger partial charge on any atom is 0.120 e. The van der Waals surface area contributed by atoms with Gasteiger partial charge in [-0.1, -0.05) is 43.0 Å². The van der Waals surface area contributed by atoms with Gasteiger partial charge in [0.25, 0.3) is 0 Å². The molecule has 1 saturated heterocycles. The molecule has 3 nitrogen and oxygen atoms in total. The van der Waals surface area contributed by atoms with Gasteiger partial charge in [0, 0.05) is 12.6 Å². The highest BCUT2D eigenvalue weighted by Gasteiger charge is 2.27. The Bertz CT molecular complexity index is 484. The first-order chi connectivity index (χ1) is 11.1. The number of hydrogen-bond acceptors (Lipinski definition) is 3. The first kappa shape index (κ1) is 18.9. The maximum absolute atomic E-state index is 10.3. The Kier molecular flexibility index (Phi) is 7.97. The van der Waals surface area contributed by atoms with E-state index < -0.39 is 0 Å². The van der Waals surface area contributed by atoms with Gasteiger partial charge >= 0.3 is 0 Å². The molecule has 1 aromatic rings. The second-order valence-electron chi connectivity index (χ2n) is 6.34. The van der Waals surface area contributed by atoms with Crippen molar-refractivity contribution in [3.05, 3.63) is 28.2 Å². The summed E-state index contributed by atoms with van der Waals surface area (Å²) in [6.07, 6.45) is 5.40. The third-order valence-corrected chi connectivity index (χ3v) is 5.27. The Balaban J connectivity index is 1.69. The van der Waals surface area contributed by atoms with Gasteiger partial charge in [-0.3, -0.25) is 0 Å². The van der Waals surface area contributed by atoms with Gasteiger partial charge in [-0.15, -0.1) is 0 Å². The van der Waals surface area contributed by atoms with Gasteiger partial charge in [0.05, 0.1) is 22.8 Å². The molecule has 0 radical (unpaired) electrons. The van der Waals surface area contributed by atoms with Crippen LogP contribution < -0.4 is 4.74 Å². The van der Waals surface area contributed by atoms with E-state index in [1.807, 2.05) is 6.07 Å². The van der Waals surface area contributed by atoms with Crippen molar-refractivity contribution < 1.29 is 9.84 Å². The molecule has 2 atom stereocenters. The Hall–Kier alpha value is -0.480. The molecule has 1 heterocycles. The smallest absolute Gasteiger partial charge is 0.120 e. The molecule has 1 aliphatic rings. The standard InChI is InChI=1S/C18H27Cl2NO2/c1-2-3-4-9-21-10-7-14(18(22)13-21)8-11-23-15-5-6-16(19)17(20)12-15/h5-6,12,14,18,22H,2-4,7-11,13H2,1H3/t14-,18+/m1/s1. The third-order valence-electron chi connectivity index (χ3n) is 4.53. The molecule has 0 amide bonds. The summed E-state index contributed by atoms with van der Waals surface area (Å²) in [7, 11) is 0. The number of nitrogens with zero attached hydrogens (tertiary/aromatic N) is 1. The van der Waals surface area contributed by atoms with E-state index in [1.165, 1.54) is 19.3 Å². The molecule has 0 unspecified atom stereocenters. The van der Waals surface area contributed by atoms with Gasteiger partial charge in [0.1, 0.15) is 5.75 Å². The van der Waals surface area contributed by atoms with Crippen LogP contribution in [0.25, 0.3) is 0 Å². The molecule has 0 spiro atoms. The molecular formula is C18H27Cl2NO2. The van der Waals surface area contributed by atoms with Crippen LogP contribution in [-0.2, 0) is 0 Å². The van der Waals surface area contributed by atoms with Gasteiger partial charge in [0.2, 0.25) is 0 Å². The highest BCUT2D eigenvalue weighted by Crippen LogP contribution is 2.27. The van der Waals surface area contributed by atoms with Crippen molar-refractivity contribution in [1.82, 2.24) is 4.90 Å². The number of benzene rings is 1. The number of rotatable bonds is 8. The largest absolute Gasteiger partial charge is 0.494 e. The Morgan fingerprint density at radius 3 is 2.78 bits per heavy atom. The van der Waals surface area contributed by atoms with E-state index >= 15 is 0 Å². The molecule has 0 saturated carbocycles. The zero-order valence-electron chi connectivity index (χ0n) is 13.8. The summed E-state index contributed by atoms with van der Waals surface area (Å²) in [4.78, 5) is 2.39.